The number of carbonyl (C=O) groups is 1. The lowest BCUT2D eigenvalue weighted by molar-refractivity contribution is -0.147. The molecule has 4 heteroatoms. The standard InChI is InChI=1S/C21H24N2O2/c1-3-19-14-20(19)10-11-23(4-2)18(25)21(20,12-15(13-22)17(19)24)16-8-6-5-7-9-16/h5-9,24H,3-4,10-12,14H2,1-2H3/t19-,20-,21?/m0/s1. The van der Waals surface area contributed by atoms with Crippen LogP contribution in [-0.2, 0) is 10.2 Å². The zero-order valence-corrected chi connectivity index (χ0v) is 14.9. The van der Waals surface area contributed by atoms with E-state index in [-0.39, 0.29) is 17.1 Å². The molecule has 1 spiro atoms. The van der Waals surface area contributed by atoms with E-state index in [0.717, 1.165) is 31.4 Å². The Morgan fingerprint density at radius 2 is 2.00 bits per heavy atom. The topological polar surface area (TPSA) is 64.3 Å². The van der Waals surface area contributed by atoms with Crippen molar-refractivity contribution >= 4 is 5.91 Å². The second-order valence-electron chi connectivity index (χ2n) is 7.72. The van der Waals surface area contributed by atoms with Crippen molar-refractivity contribution in [2.24, 2.45) is 10.8 Å². The number of hydrogen-bond donors (Lipinski definition) is 1. The summed E-state index contributed by atoms with van der Waals surface area (Å²) in [6.07, 6.45) is 2.76. The number of aliphatic hydroxyl groups is 1. The van der Waals surface area contributed by atoms with Gasteiger partial charge in [-0.15, -0.1) is 0 Å². The normalized spacial score (nSPS) is 36.5. The number of aliphatic hydroxyl groups excluding tert-OH is 1. The monoisotopic (exact) mass is 336 g/mol. The molecule has 0 radical (unpaired) electrons. The number of nitrogens with zero attached hydrogens (tertiary/aromatic N) is 2. The average Bonchev–Trinajstić information content (AvgIpc) is 3.34. The van der Waals surface area contributed by atoms with E-state index in [1.165, 1.54) is 0 Å². The van der Waals surface area contributed by atoms with Crippen LogP contribution in [0.15, 0.2) is 41.7 Å². The van der Waals surface area contributed by atoms with Gasteiger partial charge in [0.15, 0.2) is 0 Å². The largest absolute Gasteiger partial charge is 0.511 e. The smallest absolute Gasteiger partial charge is 0.234 e. The number of rotatable bonds is 3. The Bertz CT molecular complexity index is 809. The number of amides is 1. The van der Waals surface area contributed by atoms with Gasteiger partial charge in [0.1, 0.15) is 5.76 Å². The molecule has 1 N–H and O–H groups in total. The predicted octanol–water partition coefficient (Wildman–Crippen LogP) is 3.70. The summed E-state index contributed by atoms with van der Waals surface area (Å²) in [4.78, 5) is 15.6. The van der Waals surface area contributed by atoms with Crippen LogP contribution in [0.3, 0.4) is 0 Å². The van der Waals surface area contributed by atoms with Gasteiger partial charge in [0.05, 0.1) is 17.1 Å². The van der Waals surface area contributed by atoms with E-state index in [9.17, 15) is 15.2 Å². The Morgan fingerprint density at radius 3 is 2.60 bits per heavy atom. The van der Waals surface area contributed by atoms with Crippen molar-refractivity contribution in [3.8, 4) is 6.07 Å². The highest BCUT2D eigenvalue weighted by atomic mass is 16.3. The van der Waals surface area contributed by atoms with E-state index >= 15 is 0 Å². The van der Waals surface area contributed by atoms with E-state index in [1.54, 1.807) is 0 Å². The minimum absolute atomic E-state index is 0.128. The maximum absolute atomic E-state index is 13.7. The number of nitriles is 1. The first-order valence-electron chi connectivity index (χ1n) is 9.20. The first-order valence-corrected chi connectivity index (χ1v) is 9.20. The molecule has 25 heavy (non-hydrogen) atoms. The van der Waals surface area contributed by atoms with Gasteiger partial charge in [-0.3, -0.25) is 4.79 Å². The predicted molar refractivity (Wildman–Crippen MR) is 94.6 cm³/mol. The molecular formula is C21H24N2O2. The third-order valence-corrected chi connectivity index (χ3v) is 7.24. The van der Waals surface area contributed by atoms with Crippen LogP contribution in [0.2, 0.25) is 0 Å². The first-order chi connectivity index (χ1) is 12.0. The van der Waals surface area contributed by atoms with Crippen molar-refractivity contribution in [1.29, 1.82) is 5.26 Å². The number of carbonyl (C=O) groups excluding carboxylic acids is 1. The zero-order chi connectivity index (χ0) is 17.9. The van der Waals surface area contributed by atoms with Crippen LogP contribution in [0.25, 0.3) is 0 Å². The van der Waals surface area contributed by atoms with Gasteiger partial charge in [-0.25, -0.2) is 0 Å². The number of likely N-dealkylation sites (N-methyl/N-ethyl adjacent to an activating group) is 1. The number of allylic oxidation sites excluding steroid dienone is 2. The molecule has 1 amide bonds. The van der Waals surface area contributed by atoms with E-state index in [2.05, 4.69) is 13.0 Å². The van der Waals surface area contributed by atoms with E-state index in [4.69, 9.17) is 0 Å². The number of piperidine rings is 1. The Balaban J connectivity index is 2.01. The number of likely N-dealkylation sites (tertiary alicyclic amines) is 1. The lowest BCUT2D eigenvalue weighted by atomic mass is 9.54. The minimum atomic E-state index is -0.726. The van der Waals surface area contributed by atoms with E-state index < -0.39 is 10.8 Å². The van der Waals surface area contributed by atoms with Crippen molar-refractivity contribution in [2.75, 3.05) is 13.1 Å². The van der Waals surface area contributed by atoms with Crippen molar-refractivity contribution in [1.82, 2.24) is 4.90 Å². The second-order valence-corrected chi connectivity index (χ2v) is 7.72. The fourth-order valence-electron chi connectivity index (χ4n) is 5.92. The number of benzene rings is 1. The Morgan fingerprint density at radius 1 is 1.28 bits per heavy atom. The Labute approximate surface area is 148 Å². The molecule has 130 valence electrons. The van der Waals surface area contributed by atoms with Crippen molar-refractivity contribution in [3.63, 3.8) is 0 Å². The highest BCUT2D eigenvalue weighted by Crippen LogP contribution is 2.82. The SMILES string of the molecule is CCN1CC[C@]23C[C@@]2(CC)C(O)=C(C#N)CC3(c2ccccc2)C1=O. The quantitative estimate of drug-likeness (QED) is 0.915. The molecule has 1 aliphatic heterocycles. The minimum Gasteiger partial charge on any atom is -0.511 e. The van der Waals surface area contributed by atoms with Gasteiger partial charge in [0.2, 0.25) is 5.91 Å². The van der Waals surface area contributed by atoms with Gasteiger partial charge >= 0.3 is 0 Å². The summed E-state index contributed by atoms with van der Waals surface area (Å²) in [6, 6.07) is 12.1. The molecule has 0 bridgehead atoms. The number of hydrogen-bond acceptors (Lipinski definition) is 3. The zero-order valence-electron chi connectivity index (χ0n) is 14.9. The van der Waals surface area contributed by atoms with Gasteiger partial charge in [0, 0.05) is 30.3 Å². The van der Waals surface area contributed by atoms with Gasteiger partial charge < -0.3 is 10.0 Å². The summed E-state index contributed by atoms with van der Waals surface area (Å²) in [5.74, 6) is 0.379. The van der Waals surface area contributed by atoms with Gasteiger partial charge in [-0.1, -0.05) is 37.3 Å². The van der Waals surface area contributed by atoms with Gasteiger partial charge in [0.25, 0.3) is 0 Å². The van der Waals surface area contributed by atoms with Gasteiger partial charge in [-0.05, 0) is 31.7 Å². The molecule has 3 aliphatic rings. The first kappa shape index (κ1) is 16.2. The fourth-order valence-corrected chi connectivity index (χ4v) is 5.92. The molecular weight excluding hydrogens is 312 g/mol. The molecule has 1 saturated carbocycles. The van der Waals surface area contributed by atoms with Crippen LogP contribution in [0.5, 0.6) is 0 Å². The third kappa shape index (κ3) is 1.64. The third-order valence-electron chi connectivity index (χ3n) is 7.24. The molecule has 1 saturated heterocycles. The van der Waals surface area contributed by atoms with E-state index in [1.807, 2.05) is 42.2 Å². The summed E-state index contributed by atoms with van der Waals surface area (Å²) >= 11 is 0. The molecule has 1 aromatic carbocycles. The molecule has 2 fully saturated rings. The highest BCUT2D eigenvalue weighted by Gasteiger charge is 2.82. The summed E-state index contributed by atoms with van der Waals surface area (Å²) in [5, 5.41) is 20.5. The van der Waals surface area contributed by atoms with Crippen LogP contribution >= 0.6 is 0 Å². The molecule has 1 unspecified atom stereocenters. The molecule has 4 nitrogen and oxygen atoms in total. The summed E-state index contributed by atoms with van der Waals surface area (Å²) in [6.45, 7) is 5.49. The highest BCUT2D eigenvalue weighted by molar-refractivity contribution is 5.93. The van der Waals surface area contributed by atoms with Crippen LogP contribution in [-0.4, -0.2) is 29.0 Å². The lowest BCUT2D eigenvalue weighted by Gasteiger charge is -2.52. The molecule has 4 rings (SSSR count). The molecule has 0 aromatic heterocycles. The van der Waals surface area contributed by atoms with Crippen molar-refractivity contribution in [2.45, 2.75) is 44.9 Å². The Hall–Kier alpha value is -2.28. The molecule has 1 aromatic rings. The van der Waals surface area contributed by atoms with Crippen LogP contribution in [0.4, 0.5) is 0 Å². The lowest BCUT2D eigenvalue weighted by Crippen LogP contribution is -2.60. The summed E-state index contributed by atoms with van der Waals surface area (Å²) in [5.41, 5.74) is -0.0142. The van der Waals surface area contributed by atoms with E-state index in [0.29, 0.717) is 18.5 Å². The molecule has 3 atom stereocenters. The van der Waals surface area contributed by atoms with Crippen LogP contribution < -0.4 is 0 Å². The maximum atomic E-state index is 13.7. The summed E-state index contributed by atoms with van der Waals surface area (Å²) < 4.78 is 0. The summed E-state index contributed by atoms with van der Waals surface area (Å²) in [7, 11) is 0. The van der Waals surface area contributed by atoms with Crippen molar-refractivity contribution < 1.29 is 9.90 Å². The van der Waals surface area contributed by atoms with Crippen LogP contribution in [0, 0.1) is 22.2 Å². The Kier molecular flexibility index (Phi) is 3.31. The second kappa shape index (κ2) is 5.11. The van der Waals surface area contributed by atoms with Crippen LogP contribution in [0.1, 0.15) is 45.1 Å². The average molecular weight is 336 g/mol. The fraction of sp³-hybridized carbons (Fsp3) is 0.524. The molecule has 2 aliphatic carbocycles. The maximum Gasteiger partial charge on any atom is 0.234 e. The van der Waals surface area contributed by atoms with Crippen molar-refractivity contribution in [3.05, 3.63) is 47.2 Å². The van der Waals surface area contributed by atoms with Gasteiger partial charge in [-0.2, -0.15) is 5.26 Å². The molecule has 1 heterocycles.